The standard InChI is InChI=1S/C15H28N2OS/c1-4-7-12-14(18)17(13(16-12)8-5-2)11-15(19-3)9-6-10-15/h12-13,16H,4-11H2,1-3H3. The van der Waals surface area contributed by atoms with Crippen molar-refractivity contribution < 1.29 is 4.79 Å². The zero-order valence-electron chi connectivity index (χ0n) is 12.6. The highest BCUT2D eigenvalue weighted by Crippen LogP contribution is 2.44. The minimum atomic E-state index is 0.0699. The maximum Gasteiger partial charge on any atom is 0.241 e. The molecule has 0 aromatic rings. The topological polar surface area (TPSA) is 32.3 Å². The van der Waals surface area contributed by atoms with Crippen molar-refractivity contribution in [3.8, 4) is 0 Å². The summed E-state index contributed by atoms with van der Waals surface area (Å²) in [6.45, 7) is 5.30. The van der Waals surface area contributed by atoms with Gasteiger partial charge < -0.3 is 4.90 Å². The van der Waals surface area contributed by atoms with E-state index in [1.807, 2.05) is 11.8 Å². The van der Waals surface area contributed by atoms with Crippen LogP contribution in [-0.4, -0.2) is 40.6 Å². The average Bonchev–Trinajstić information content (AvgIpc) is 2.63. The molecule has 3 nitrogen and oxygen atoms in total. The lowest BCUT2D eigenvalue weighted by molar-refractivity contribution is -0.130. The van der Waals surface area contributed by atoms with E-state index in [1.165, 1.54) is 19.3 Å². The summed E-state index contributed by atoms with van der Waals surface area (Å²) >= 11 is 1.96. The Hall–Kier alpha value is -0.220. The largest absolute Gasteiger partial charge is 0.324 e. The summed E-state index contributed by atoms with van der Waals surface area (Å²) in [6, 6.07) is 0.0699. The van der Waals surface area contributed by atoms with Crippen LogP contribution in [-0.2, 0) is 4.79 Å². The van der Waals surface area contributed by atoms with E-state index < -0.39 is 0 Å². The molecule has 19 heavy (non-hydrogen) atoms. The van der Waals surface area contributed by atoms with Crippen molar-refractivity contribution in [2.24, 2.45) is 0 Å². The Morgan fingerprint density at radius 1 is 1.32 bits per heavy atom. The summed E-state index contributed by atoms with van der Waals surface area (Å²) in [4.78, 5) is 14.7. The van der Waals surface area contributed by atoms with E-state index in [9.17, 15) is 4.79 Å². The third-order valence-corrected chi connectivity index (χ3v) is 6.05. The van der Waals surface area contributed by atoms with Crippen molar-refractivity contribution in [2.75, 3.05) is 12.8 Å². The molecule has 0 aromatic carbocycles. The number of rotatable bonds is 7. The number of amides is 1. The number of thioether (sulfide) groups is 1. The summed E-state index contributed by atoms with van der Waals surface area (Å²) in [5.74, 6) is 0.348. The number of hydrogen-bond acceptors (Lipinski definition) is 3. The Bertz CT molecular complexity index is 312. The predicted molar refractivity (Wildman–Crippen MR) is 82.3 cm³/mol. The maximum absolute atomic E-state index is 12.6. The Morgan fingerprint density at radius 3 is 2.47 bits per heavy atom. The first-order valence-corrected chi connectivity index (χ1v) is 9.00. The molecule has 2 aliphatic rings. The highest BCUT2D eigenvalue weighted by Gasteiger charge is 2.44. The number of carbonyl (C=O) groups is 1. The fourth-order valence-electron chi connectivity index (χ4n) is 3.25. The predicted octanol–water partition coefficient (Wildman–Crippen LogP) is 3.00. The molecule has 1 N–H and O–H groups in total. The molecule has 1 amide bonds. The molecule has 1 heterocycles. The maximum atomic E-state index is 12.6. The van der Waals surface area contributed by atoms with Crippen molar-refractivity contribution in [2.45, 2.75) is 75.7 Å². The van der Waals surface area contributed by atoms with Gasteiger partial charge in [0.25, 0.3) is 0 Å². The lowest BCUT2D eigenvalue weighted by Gasteiger charge is -2.44. The van der Waals surface area contributed by atoms with Crippen LogP contribution in [0.1, 0.15) is 58.8 Å². The Labute approximate surface area is 121 Å². The Kier molecular flexibility index (Phi) is 5.18. The van der Waals surface area contributed by atoms with Crippen LogP contribution in [0, 0.1) is 0 Å². The van der Waals surface area contributed by atoms with Gasteiger partial charge in [-0.2, -0.15) is 11.8 Å². The van der Waals surface area contributed by atoms with Gasteiger partial charge in [0.15, 0.2) is 0 Å². The highest BCUT2D eigenvalue weighted by molar-refractivity contribution is 8.00. The molecule has 2 atom stereocenters. The van der Waals surface area contributed by atoms with Crippen LogP contribution in [0.3, 0.4) is 0 Å². The summed E-state index contributed by atoms with van der Waals surface area (Å²) in [6.07, 6.45) is 10.6. The van der Waals surface area contributed by atoms with Crippen molar-refractivity contribution in [1.82, 2.24) is 10.2 Å². The van der Waals surface area contributed by atoms with Gasteiger partial charge in [-0.05, 0) is 31.9 Å². The van der Waals surface area contributed by atoms with Gasteiger partial charge in [-0.1, -0.05) is 33.1 Å². The van der Waals surface area contributed by atoms with Crippen LogP contribution in [0.2, 0.25) is 0 Å². The number of nitrogens with zero attached hydrogens (tertiary/aromatic N) is 1. The van der Waals surface area contributed by atoms with Gasteiger partial charge in [0.05, 0.1) is 12.2 Å². The molecule has 1 saturated carbocycles. The number of nitrogens with one attached hydrogen (secondary N) is 1. The van der Waals surface area contributed by atoms with Crippen LogP contribution in [0.5, 0.6) is 0 Å². The minimum absolute atomic E-state index is 0.0699. The second-order valence-electron chi connectivity index (χ2n) is 6.02. The SMILES string of the molecule is CCCC1NC(CCC)N(CC2(SC)CCC2)C1=O. The van der Waals surface area contributed by atoms with Gasteiger partial charge in [0, 0.05) is 11.3 Å². The highest BCUT2D eigenvalue weighted by atomic mass is 32.2. The third-order valence-electron chi connectivity index (χ3n) is 4.65. The molecule has 1 aliphatic carbocycles. The van der Waals surface area contributed by atoms with E-state index in [-0.39, 0.29) is 12.2 Å². The van der Waals surface area contributed by atoms with Gasteiger partial charge >= 0.3 is 0 Å². The molecule has 0 bridgehead atoms. The average molecular weight is 284 g/mol. The summed E-state index contributed by atoms with van der Waals surface area (Å²) < 4.78 is 0.352. The fraction of sp³-hybridized carbons (Fsp3) is 0.933. The zero-order chi connectivity index (χ0) is 13.9. The molecule has 1 aliphatic heterocycles. The first kappa shape index (κ1) is 15.2. The second kappa shape index (κ2) is 6.49. The minimum Gasteiger partial charge on any atom is -0.324 e. The molecule has 110 valence electrons. The quantitative estimate of drug-likeness (QED) is 0.780. The molecule has 4 heteroatoms. The molecule has 2 rings (SSSR count). The summed E-state index contributed by atoms with van der Waals surface area (Å²) in [5.41, 5.74) is 0. The molecular weight excluding hydrogens is 256 g/mol. The van der Waals surface area contributed by atoms with E-state index in [0.29, 0.717) is 10.7 Å². The van der Waals surface area contributed by atoms with Crippen molar-refractivity contribution in [1.29, 1.82) is 0 Å². The van der Waals surface area contributed by atoms with Gasteiger partial charge in [0.1, 0.15) is 0 Å². The van der Waals surface area contributed by atoms with Crippen LogP contribution >= 0.6 is 11.8 Å². The van der Waals surface area contributed by atoms with E-state index in [4.69, 9.17) is 0 Å². The van der Waals surface area contributed by atoms with Crippen molar-refractivity contribution in [3.63, 3.8) is 0 Å². The van der Waals surface area contributed by atoms with Crippen molar-refractivity contribution in [3.05, 3.63) is 0 Å². The Morgan fingerprint density at radius 2 is 2.00 bits per heavy atom. The first-order valence-electron chi connectivity index (χ1n) is 7.77. The third kappa shape index (κ3) is 3.10. The molecule has 2 unspecified atom stereocenters. The normalized spacial score (nSPS) is 29.6. The summed E-state index contributed by atoms with van der Waals surface area (Å²) in [7, 11) is 0. The van der Waals surface area contributed by atoms with E-state index in [1.54, 1.807) is 0 Å². The second-order valence-corrected chi connectivity index (χ2v) is 7.29. The van der Waals surface area contributed by atoms with Crippen LogP contribution < -0.4 is 5.32 Å². The van der Waals surface area contributed by atoms with Gasteiger partial charge in [-0.3, -0.25) is 10.1 Å². The van der Waals surface area contributed by atoms with E-state index in [0.717, 1.165) is 32.2 Å². The summed E-state index contributed by atoms with van der Waals surface area (Å²) in [5, 5.41) is 3.55. The van der Waals surface area contributed by atoms with Crippen LogP contribution in [0.4, 0.5) is 0 Å². The number of carbonyl (C=O) groups excluding carboxylic acids is 1. The van der Waals surface area contributed by atoms with Gasteiger partial charge in [0.2, 0.25) is 5.91 Å². The number of hydrogen-bond donors (Lipinski definition) is 1. The molecule has 0 spiro atoms. The Balaban J connectivity index is 2.04. The molecular formula is C15H28N2OS. The van der Waals surface area contributed by atoms with Crippen LogP contribution in [0.25, 0.3) is 0 Å². The van der Waals surface area contributed by atoms with Gasteiger partial charge in [-0.15, -0.1) is 0 Å². The van der Waals surface area contributed by atoms with E-state index >= 15 is 0 Å². The molecule has 1 saturated heterocycles. The van der Waals surface area contributed by atoms with Crippen molar-refractivity contribution >= 4 is 17.7 Å². The monoisotopic (exact) mass is 284 g/mol. The lowest BCUT2D eigenvalue weighted by atomic mass is 9.83. The zero-order valence-corrected chi connectivity index (χ0v) is 13.4. The molecule has 0 aromatic heterocycles. The van der Waals surface area contributed by atoms with E-state index in [2.05, 4.69) is 30.3 Å². The smallest absolute Gasteiger partial charge is 0.241 e. The fourth-order valence-corrected chi connectivity index (χ4v) is 4.22. The van der Waals surface area contributed by atoms with Crippen LogP contribution in [0.15, 0.2) is 0 Å². The van der Waals surface area contributed by atoms with Gasteiger partial charge in [-0.25, -0.2) is 0 Å². The molecule has 0 radical (unpaired) electrons. The first-order chi connectivity index (χ1) is 9.15. The lowest BCUT2D eigenvalue weighted by Crippen LogP contribution is -2.49. The molecule has 2 fully saturated rings.